The average molecular weight is 544 g/mol. The number of primary amides is 1. The molecule has 39 heavy (non-hydrogen) atoms. The lowest BCUT2D eigenvalue weighted by Crippen LogP contribution is -2.22. The van der Waals surface area contributed by atoms with Gasteiger partial charge in [0.1, 0.15) is 0 Å². The van der Waals surface area contributed by atoms with Crippen LogP contribution in [0.15, 0.2) is 89.9 Å². The number of nitrogens with zero attached hydrogens (tertiary/aromatic N) is 1. The predicted molar refractivity (Wildman–Crippen MR) is 149 cm³/mol. The van der Waals surface area contributed by atoms with Crippen LogP contribution in [-0.2, 0) is 4.79 Å². The van der Waals surface area contributed by atoms with Crippen LogP contribution in [0, 0.1) is 0 Å². The summed E-state index contributed by atoms with van der Waals surface area (Å²) >= 11 is 6.19. The molecule has 0 spiro atoms. The molecule has 0 saturated heterocycles. The Bertz CT molecular complexity index is 1670. The van der Waals surface area contributed by atoms with Crippen LogP contribution in [0.4, 0.5) is 17.1 Å². The standard InChI is InChI=1S/C28H22ClN5O5/c1-16(35)31-22-10-8-18(13-21(22)29)27(38)33-24-14-17(26(30)37)7-11-23(24)32-28(39)19-9-12-25(36)34(15-19)20-5-3-2-4-6-20/h2-15H,1H3,(H2,30,37)(H,31,35)(H,32,39)(H,33,38). The largest absolute Gasteiger partial charge is 0.366 e. The van der Waals surface area contributed by atoms with Crippen molar-refractivity contribution in [2.75, 3.05) is 16.0 Å². The zero-order valence-electron chi connectivity index (χ0n) is 20.5. The molecule has 1 aromatic heterocycles. The Morgan fingerprint density at radius 2 is 1.33 bits per heavy atom. The smallest absolute Gasteiger partial charge is 0.257 e. The molecule has 5 N–H and O–H groups in total. The van der Waals surface area contributed by atoms with Gasteiger partial charge < -0.3 is 21.7 Å². The molecule has 4 amide bonds. The molecule has 0 fully saturated rings. The highest BCUT2D eigenvalue weighted by atomic mass is 35.5. The summed E-state index contributed by atoms with van der Waals surface area (Å²) in [5.74, 6) is -2.22. The fraction of sp³-hybridized carbons (Fsp3) is 0.0357. The van der Waals surface area contributed by atoms with Crippen LogP contribution in [0.2, 0.25) is 5.02 Å². The van der Waals surface area contributed by atoms with Gasteiger partial charge in [0, 0.05) is 36.0 Å². The summed E-state index contributed by atoms with van der Waals surface area (Å²) in [6, 6.07) is 19.9. The molecular weight excluding hydrogens is 522 g/mol. The minimum Gasteiger partial charge on any atom is -0.366 e. The van der Waals surface area contributed by atoms with Crippen molar-refractivity contribution in [3.05, 3.63) is 117 Å². The summed E-state index contributed by atoms with van der Waals surface area (Å²) in [6.45, 7) is 1.33. The number of nitrogens with two attached hydrogens (primary N) is 1. The van der Waals surface area contributed by atoms with Gasteiger partial charge in [-0.05, 0) is 54.6 Å². The van der Waals surface area contributed by atoms with Crippen molar-refractivity contribution < 1.29 is 19.2 Å². The number of carbonyl (C=O) groups is 4. The van der Waals surface area contributed by atoms with Gasteiger partial charge in [0.2, 0.25) is 11.8 Å². The second-order valence-corrected chi connectivity index (χ2v) is 8.78. The first-order chi connectivity index (χ1) is 18.6. The molecule has 10 nitrogen and oxygen atoms in total. The molecule has 0 saturated carbocycles. The maximum absolute atomic E-state index is 13.1. The number of pyridine rings is 1. The summed E-state index contributed by atoms with van der Waals surface area (Å²) in [7, 11) is 0. The Morgan fingerprint density at radius 3 is 2.00 bits per heavy atom. The maximum Gasteiger partial charge on any atom is 0.257 e. The van der Waals surface area contributed by atoms with E-state index in [0.717, 1.165) is 0 Å². The van der Waals surface area contributed by atoms with E-state index in [1.54, 1.807) is 24.3 Å². The molecule has 196 valence electrons. The van der Waals surface area contributed by atoms with Crippen molar-refractivity contribution in [1.29, 1.82) is 0 Å². The Morgan fingerprint density at radius 1 is 0.718 bits per heavy atom. The summed E-state index contributed by atoms with van der Waals surface area (Å²) in [5.41, 5.74) is 6.71. The third-order valence-corrected chi connectivity index (χ3v) is 5.86. The molecule has 4 aromatic rings. The van der Waals surface area contributed by atoms with Crippen molar-refractivity contribution in [2.24, 2.45) is 5.73 Å². The highest BCUT2D eigenvalue weighted by Gasteiger charge is 2.17. The van der Waals surface area contributed by atoms with Crippen LogP contribution in [-0.4, -0.2) is 28.2 Å². The first-order valence-corrected chi connectivity index (χ1v) is 11.9. The van der Waals surface area contributed by atoms with Gasteiger partial charge in [-0.3, -0.25) is 28.5 Å². The number of rotatable bonds is 7. The van der Waals surface area contributed by atoms with Gasteiger partial charge in [0.05, 0.1) is 27.6 Å². The van der Waals surface area contributed by atoms with E-state index in [0.29, 0.717) is 11.4 Å². The van der Waals surface area contributed by atoms with E-state index in [-0.39, 0.29) is 44.6 Å². The first kappa shape index (κ1) is 26.8. The van der Waals surface area contributed by atoms with Crippen LogP contribution in [0.5, 0.6) is 0 Å². The number of hydrogen-bond donors (Lipinski definition) is 4. The van der Waals surface area contributed by atoms with Crippen molar-refractivity contribution in [3.8, 4) is 5.69 Å². The lowest BCUT2D eigenvalue weighted by atomic mass is 10.1. The number of carbonyl (C=O) groups excluding carboxylic acids is 4. The zero-order valence-corrected chi connectivity index (χ0v) is 21.3. The molecule has 1 heterocycles. The van der Waals surface area contributed by atoms with E-state index in [9.17, 15) is 24.0 Å². The molecule has 0 aliphatic rings. The van der Waals surface area contributed by atoms with Gasteiger partial charge >= 0.3 is 0 Å². The fourth-order valence-corrected chi connectivity index (χ4v) is 3.89. The minimum atomic E-state index is -0.735. The molecular formula is C28H22ClN5O5. The lowest BCUT2D eigenvalue weighted by molar-refractivity contribution is -0.114. The summed E-state index contributed by atoms with van der Waals surface area (Å²) < 4.78 is 1.34. The van der Waals surface area contributed by atoms with Crippen LogP contribution in [0.1, 0.15) is 38.0 Å². The molecule has 0 bridgehead atoms. The number of halogens is 1. The minimum absolute atomic E-state index is 0.0972. The topological polar surface area (TPSA) is 152 Å². The average Bonchev–Trinajstić information content (AvgIpc) is 2.91. The molecule has 3 aromatic carbocycles. The Labute approximate surface area is 227 Å². The maximum atomic E-state index is 13.1. The number of nitrogens with one attached hydrogen (secondary N) is 3. The van der Waals surface area contributed by atoms with E-state index < -0.39 is 17.7 Å². The van der Waals surface area contributed by atoms with Gasteiger partial charge in [-0.25, -0.2) is 0 Å². The summed E-state index contributed by atoms with van der Waals surface area (Å²) in [4.78, 5) is 61.6. The van der Waals surface area contributed by atoms with Crippen LogP contribution < -0.4 is 27.2 Å². The zero-order chi connectivity index (χ0) is 28.1. The second kappa shape index (κ2) is 11.4. The molecule has 0 unspecified atom stereocenters. The first-order valence-electron chi connectivity index (χ1n) is 11.5. The van der Waals surface area contributed by atoms with Gasteiger partial charge in [0.25, 0.3) is 17.4 Å². The number of aromatic nitrogens is 1. The molecule has 0 radical (unpaired) electrons. The second-order valence-electron chi connectivity index (χ2n) is 8.37. The quantitative estimate of drug-likeness (QED) is 0.277. The number of benzene rings is 3. The van der Waals surface area contributed by atoms with Crippen molar-refractivity contribution >= 4 is 52.3 Å². The highest BCUT2D eigenvalue weighted by molar-refractivity contribution is 6.34. The predicted octanol–water partition coefficient (Wildman–Crippen LogP) is 4.05. The monoisotopic (exact) mass is 543 g/mol. The van der Waals surface area contributed by atoms with E-state index in [1.807, 2.05) is 6.07 Å². The van der Waals surface area contributed by atoms with Gasteiger partial charge in [0.15, 0.2) is 0 Å². The van der Waals surface area contributed by atoms with E-state index in [1.165, 1.54) is 66.2 Å². The van der Waals surface area contributed by atoms with Crippen molar-refractivity contribution in [3.63, 3.8) is 0 Å². The highest BCUT2D eigenvalue weighted by Crippen LogP contribution is 2.27. The van der Waals surface area contributed by atoms with Crippen molar-refractivity contribution in [1.82, 2.24) is 4.57 Å². The van der Waals surface area contributed by atoms with Gasteiger partial charge in [-0.15, -0.1) is 0 Å². The van der Waals surface area contributed by atoms with E-state index in [2.05, 4.69) is 16.0 Å². The van der Waals surface area contributed by atoms with Crippen LogP contribution in [0.3, 0.4) is 0 Å². The molecule has 0 aliphatic carbocycles. The van der Waals surface area contributed by atoms with Crippen LogP contribution >= 0.6 is 11.6 Å². The Kier molecular flexibility index (Phi) is 7.88. The third kappa shape index (κ3) is 6.38. The molecule has 0 aliphatic heterocycles. The van der Waals surface area contributed by atoms with Crippen molar-refractivity contribution in [2.45, 2.75) is 6.92 Å². The third-order valence-electron chi connectivity index (χ3n) is 5.55. The van der Waals surface area contributed by atoms with E-state index in [4.69, 9.17) is 17.3 Å². The summed E-state index contributed by atoms with van der Waals surface area (Å²) in [5, 5.41) is 8.04. The lowest BCUT2D eigenvalue weighted by Gasteiger charge is -2.15. The normalized spacial score (nSPS) is 10.4. The fourth-order valence-electron chi connectivity index (χ4n) is 3.66. The van der Waals surface area contributed by atoms with Gasteiger partial charge in [-0.1, -0.05) is 29.8 Å². The number of amides is 4. The van der Waals surface area contributed by atoms with Gasteiger partial charge in [-0.2, -0.15) is 0 Å². The summed E-state index contributed by atoms with van der Waals surface area (Å²) in [6.07, 6.45) is 1.40. The molecule has 4 rings (SSSR count). The number of hydrogen-bond acceptors (Lipinski definition) is 5. The number of anilines is 3. The number of para-hydroxylation sites is 1. The van der Waals surface area contributed by atoms with Crippen LogP contribution in [0.25, 0.3) is 5.69 Å². The Hall–Kier alpha value is -5.22. The SMILES string of the molecule is CC(=O)Nc1ccc(C(=O)Nc2cc(C(N)=O)ccc2NC(=O)c2ccc(=O)n(-c3ccccc3)c2)cc1Cl. The molecule has 0 atom stereocenters. The Balaban J connectivity index is 1.62. The molecule has 11 heteroatoms. The van der Waals surface area contributed by atoms with E-state index >= 15 is 0 Å².